The lowest BCUT2D eigenvalue weighted by molar-refractivity contribution is 0.194. The van der Waals surface area contributed by atoms with Gasteiger partial charge in [-0.05, 0) is 6.07 Å². The molecular weight excluding hydrogens is 175 g/mol. The number of aromatic nitrogens is 2. The lowest BCUT2D eigenvalue weighted by Crippen LogP contribution is -2.09. The Balaban J connectivity index is 2.86. The predicted molar refractivity (Wildman–Crippen MR) is 43.1 cm³/mol. The van der Waals surface area contributed by atoms with Crippen LogP contribution >= 0.6 is 0 Å². The quantitative estimate of drug-likeness (QED) is 0.671. The Morgan fingerprint density at radius 2 is 2.38 bits per heavy atom. The van der Waals surface area contributed by atoms with Crippen molar-refractivity contribution in [3.05, 3.63) is 30.5 Å². The van der Waals surface area contributed by atoms with E-state index in [9.17, 15) is 9.18 Å². The molecule has 66 valence electrons. The number of carbonyl (C=O) groups is 1. The molecule has 2 heterocycles. The Bertz CT molecular complexity index is 478. The summed E-state index contributed by atoms with van der Waals surface area (Å²) < 4.78 is 13.6. The highest BCUT2D eigenvalue weighted by Crippen LogP contribution is 2.16. The average Bonchev–Trinajstić information content (AvgIpc) is 2.39. The van der Waals surface area contributed by atoms with Gasteiger partial charge in [-0.15, -0.1) is 0 Å². The van der Waals surface area contributed by atoms with Gasteiger partial charge in [0.2, 0.25) is 5.95 Å². The molecule has 4 nitrogen and oxygen atoms in total. The number of halogens is 1. The minimum absolute atomic E-state index is 0.257. The van der Waals surface area contributed by atoms with Gasteiger partial charge in [0, 0.05) is 17.6 Å². The maximum Gasteiger partial charge on any atom is 0.418 e. The second-order valence-corrected chi connectivity index (χ2v) is 2.52. The fraction of sp³-hybridized carbons (Fsp3) is 0. The van der Waals surface area contributed by atoms with E-state index in [4.69, 9.17) is 5.11 Å². The topological polar surface area (TPSA) is 55.1 Å². The SMILES string of the molecule is O=C(O)n1c(F)cc2ccncc21. The Morgan fingerprint density at radius 1 is 1.62 bits per heavy atom. The van der Waals surface area contributed by atoms with Crippen LogP contribution in [0.1, 0.15) is 0 Å². The van der Waals surface area contributed by atoms with Gasteiger partial charge < -0.3 is 5.11 Å². The molecule has 5 heteroatoms. The van der Waals surface area contributed by atoms with E-state index in [2.05, 4.69) is 4.98 Å². The van der Waals surface area contributed by atoms with Crippen molar-refractivity contribution in [3.63, 3.8) is 0 Å². The van der Waals surface area contributed by atoms with Crippen LogP contribution in [-0.2, 0) is 0 Å². The first kappa shape index (κ1) is 7.72. The third-order valence-corrected chi connectivity index (χ3v) is 1.75. The number of fused-ring (bicyclic) bond motifs is 1. The van der Waals surface area contributed by atoms with E-state index in [0.717, 1.165) is 6.07 Å². The van der Waals surface area contributed by atoms with Crippen molar-refractivity contribution >= 4 is 17.0 Å². The third-order valence-electron chi connectivity index (χ3n) is 1.75. The number of pyridine rings is 1. The molecule has 2 aromatic rings. The normalized spacial score (nSPS) is 10.5. The largest absolute Gasteiger partial charge is 0.464 e. The number of hydrogen-bond acceptors (Lipinski definition) is 2. The van der Waals surface area contributed by atoms with Crippen molar-refractivity contribution in [3.8, 4) is 0 Å². The zero-order valence-electron chi connectivity index (χ0n) is 6.44. The van der Waals surface area contributed by atoms with Crippen LogP contribution in [0, 0.1) is 5.95 Å². The Kier molecular flexibility index (Phi) is 1.51. The highest BCUT2D eigenvalue weighted by molar-refractivity contribution is 5.88. The molecule has 0 aromatic carbocycles. The summed E-state index contributed by atoms with van der Waals surface area (Å²) in [7, 11) is 0. The van der Waals surface area contributed by atoms with Crippen molar-refractivity contribution < 1.29 is 14.3 Å². The number of nitrogens with zero attached hydrogens (tertiary/aromatic N) is 2. The first-order valence-corrected chi connectivity index (χ1v) is 3.54. The van der Waals surface area contributed by atoms with Crippen molar-refractivity contribution in [2.24, 2.45) is 0 Å². The lowest BCUT2D eigenvalue weighted by Gasteiger charge is -1.96. The maximum absolute atomic E-state index is 13.0. The van der Waals surface area contributed by atoms with Gasteiger partial charge >= 0.3 is 6.09 Å². The van der Waals surface area contributed by atoms with Gasteiger partial charge in [0.05, 0.1) is 11.7 Å². The summed E-state index contributed by atoms with van der Waals surface area (Å²) in [5.74, 6) is -0.796. The predicted octanol–water partition coefficient (Wildman–Crippen LogP) is 1.70. The van der Waals surface area contributed by atoms with Gasteiger partial charge in [-0.2, -0.15) is 4.39 Å². The fourth-order valence-electron chi connectivity index (χ4n) is 1.21. The number of carboxylic acid groups (broad SMARTS) is 1. The molecule has 0 aliphatic heterocycles. The van der Waals surface area contributed by atoms with Gasteiger partial charge in [-0.25, -0.2) is 9.36 Å². The van der Waals surface area contributed by atoms with E-state index in [0.29, 0.717) is 9.95 Å². The van der Waals surface area contributed by atoms with Crippen molar-refractivity contribution in [1.29, 1.82) is 0 Å². The van der Waals surface area contributed by atoms with Crippen molar-refractivity contribution in [1.82, 2.24) is 9.55 Å². The Hall–Kier alpha value is -1.91. The molecule has 2 aromatic heterocycles. The van der Waals surface area contributed by atoms with Gasteiger partial charge in [-0.3, -0.25) is 4.98 Å². The molecule has 0 amide bonds. The standard InChI is InChI=1S/C8H5FN2O2/c9-7-3-5-1-2-10-4-6(5)11(7)8(12)13/h1-4H,(H,12,13). The van der Waals surface area contributed by atoms with Crippen LogP contribution < -0.4 is 0 Å². The monoisotopic (exact) mass is 180 g/mol. The van der Waals surface area contributed by atoms with Crippen molar-refractivity contribution in [2.75, 3.05) is 0 Å². The lowest BCUT2D eigenvalue weighted by atomic mass is 10.3. The molecule has 0 unspecified atom stereocenters. The van der Waals surface area contributed by atoms with Gasteiger partial charge in [0.25, 0.3) is 0 Å². The summed E-state index contributed by atoms with van der Waals surface area (Å²) in [4.78, 5) is 14.3. The molecule has 0 atom stereocenters. The van der Waals surface area contributed by atoms with Crippen LogP contribution in [0.5, 0.6) is 0 Å². The van der Waals surface area contributed by atoms with E-state index < -0.39 is 12.0 Å². The summed E-state index contributed by atoms with van der Waals surface area (Å²) in [6, 6.07) is 2.71. The molecule has 0 bridgehead atoms. The first-order valence-electron chi connectivity index (χ1n) is 3.54. The molecule has 0 aliphatic carbocycles. The highest BCUT2D eigenvalue weighted by Gasteiger charge is 2.12. The van der Waals surface area contributed by atoms with Crippen molar-refractivity contribution in [2.45, 2.75) is 0 Å². The van der Waals surface area contributed by atoms with Crippen LogP contribution in [-0.4, -0.2) is 20.8 Å². The van der Waals surface area contributed by atoms with E-state index in [1.165, 1.54) is 12.4 Å². The van der Waals surface area contributed by atoms with Crippen LogP contribution in [0.3, 0.4) is 0 Å². The van der Waals surface area contributed by atoms with Gasteiger partial charge in [-0.1, -0.05) is 0 Å². The fourth-order valence-corrected chi connectivity index (χ4v) is 1.21. The zero-order chi connectivity index (χ0) is 9.42. The first-order chi connectivity index (χ1) is 6.20. The Labute approximate surface area is 72.2 Å². The van der Waals surface area contributed by atoms with Crippen LogP contribution in [0.4, 0.5) is 9.18 Å². The summed E-state index contributed by atoms with van der Waals surface area (Å²) >= 11 is 0. The van der Waals surface area contributed by atoms with E-state index in [-0.39, 0.29) is 5.52 Å². The minimum atomic E-state index is -1.35. The van der Waals surface area contributed by atoms with Crippen LogP contribution in [0.2, 0.25) is 0 Å². The molecule has 0 radical (unpaired) electrons. The molecule has 0 aliphatic rings. The minimum Gasteiger partial charge on any atom is -0.464 e. The zero-order valence-corrected chi connectivity index (χ0v) is 6.44. The molecular formula is C8H5FN2O2. The second-order valence-electron chi connectivity index (χ2n) is 2.52. The number of rotatable bonds is 0. The van der Waals surface area contributed by atoms with Crippen LogP contribution in [0.25, 0.3) is 10.9 Å². The molecule has 0 saturated heterocycles. The molecule has 0 fully saturated rings. The van der Waals surface area contributed by atoms with Gasteiger partial charge in [0.15, 0.2) is 0 Å². The van der Waals surface area contributed by atoms with E-state index in [1.807, 2.05) is 0 Å². The maximum atomic E-state index is 13.0. The summed E-state index contributed by atoms with van der Waals surface area (Å²) in [5, 5.41) is 9.17. The van der Waals surface area contributed by atoms with Crippen LogP contribution in [0.15, 0.2) is 24.5 Å². The van der Waals surface area contributed by atoms with E-state index >= 15 is 0 Å². The summed E-state index contributed by atoms with van der Waals surface area (Å²) in [6.45, 7) is 0. The smallest absolute Gasteiger partial charge is 0.418 e. The average molecular weight is 180 g/mol. The van der Waals surface area contributed by atoms with Gasteiger partial charge in [0.1, 0.15) is 0 Å². The summed E-state index contributed by atoms with van der Waals surface area (Å²) in [6.07, 6.45) is 1.45. The molecule has 2 rings (SSSR count). The molecule has 0 spiro atoms. The third kappa shape index (κ3) is 1.05. The molecule has 13 heavy (non-hydrogen) atoms. The molecule has 0 saturated carbocycles. The molecule has 1 N–H and O–H groups in total. The van der Waals surface area contributed by atoms with E-state index in [1.54, 1.807) is 6.07 Å². The second kappa shape index (κ2) is 2.55. The summed E-state index contributed by atoms with van der Waals surface area (Å²) in [5.41, 5.74) is 0.257. The number of hydrogen-bond donors (Lipinski definition) is 1. The highest BCUT2D eigenvalue weighted by atomic mass is 19.1. The Morgan fingerprint density at radius 3 is 3.08 bits per heavy atom.